The quantitative estimate of drug-likeness (QED) is 0.194. The summed E-state index contributed by atoms with van der Waals surface area (Å²) >= 11 is 7.52. The zero-order valence-corrected chi connectivity index (χ0v) is 18.0. The zero-order chi connectivity index (χ0) is 20.8. The maximum absolute atomic E-state index is 10.3. The third-order valence-electron chi connectivity index (χ3n) is 3.69. The molecule has 1 aromatic heterocycles. The molecule has 8 nitrogen and oxygen atoms in total. The Morgan fingerprint density at radius 2 is 1.96 bits per heavy atom. The van der Waals surface area contributed by atoms with Crippen LogP contribution in [0.3, 0.4) is 0 Å². The van der Waals surface area contributed by atoms with Crippen molar-refractivity contribution in [3.8, 4) is 0 Å². The molecule has 6 N–H and O–H groups in total. The molecule has 4 atom stereocenters. The number of ether oxygens (including phenoxy) is 1. The van der Waals surface area contributed by atoms with Gasteiger partial charge in [-0.3, -0.25) is 0 Å². The molecule has 1 aromatic rings. The second-order valence-electron chi connectivity index (χ2n) is 6.47. The Hall–Kier alpha value is -0.840. The lowest BCUT2D eigenvalue weighted by atomic mass is 10.1. The topological polar surface area (TPSA) is 134 Å². The lowest BCUT2D eigenvalue weighted by molar-refractivity contribution is -0.207. The van der Waals surface area contributed by atoms with Crippen LogP contribution < -0.4 is 11.1 Å². The molecular weight excluding hydrogens is 392 g/mol. The van der Waals surface area contributed by atoms with Crippen LogP contribution in [0.2, 0.25) is 5.15 Å². The van der Waals surface area contributed by atoms with Gasteiger partial charge >= 0.3 is 0 Å². The maximum Gasteiger partial charge on any atom is 0.191 e. The van der Waals surface area contributed by atoms with Crippen LogP contribution in [0.25, 0.3) is 0 Å². The summed E-state index contributed by atoms with van der Waals surface area (Å²) in [5.74, 6) is -0.318. The minimum atomic E-state index is -1.41. The molecule has 2 unspecified atom stereocenters. The fourth-order valence-corrected chi connectivity index (χ4v) is 3.52. The molecule has 0 bridgehead atoms. The molecular formula is C17H31ClN4O4S. The molecule has 0 aliphatic heterocycles. The molecule has 1 saturated carbocycles. The lowest BCUT2D eigenvalue weighted by Gasteiger charge is -2.29. The third kappa shape index (κ3) is 6.92. The lowest BCUT2D eigenvalue weighted by Crippen LogP contribution is -2.43. The number of aliphatic hydroxyl groups excluding tert-OH is 2. The molecule has 1 fully saturated rings. The van der Waals surface area contributed by atoms with Crippen molar-refractivity contribution in [2.75, 3.05) is 16.8 Å². The largest absolute Gasteiger partial charge is 0.393 e. The number of halogens is 1. The van der Waals surface area contributed by atoms with Crippen molar-refractivity contribution in [3.63, 3.8) is 0 Å². The first-order valence-corrected chi connectivity index (χ1v) is 10.5. The van der Waals surface area contributed by atoms with Crippen LogP contribution in [0.15, 0.2) is 5.16 Å². The molecule has 0 radical (unpaired) electrons. The number of nitrogen functional groups attached to an aromatic ring is 1. The van der Waals surface area contributed by atoms with Crippen LogP contribution in [0.4, 0.5) is 11.5 Å². The van der Waals surface area contributed by atoms with E-state index in [0.717, 1.165) is 12.2 Å². The SMILES string of the molecule is CC.CCCSc1nc(Cl)c(N)c(NC2[C@@H](O)C(O)C[C@H]2OC(C)(C)O)n1. The van der Waals surface area contributed by atoms with Gasteiger partial charge in [-0.05, 0) is 20.3 Å². The highest BCUT2D eigenvalue weighted by Gasteiger charge is 2.44. The standard InChI is InChI=1S/C15H25ClN4O4S.C2H6/c1-4-5-25-14-19-12(16)9(17)13(20-14)18-10-8(24-15(2,3)23)6-7(21)11(10)22;1-2/h7-8,10-11,21-23H,4-6,17H2,1-3H3,(H,18,19,20);1-2H3/t7?,8-,10?,11+;/m1./s1. The summed E-state index contributed by atoms with van der Waals surface area (Å²) in [6, 6.07) is -0.710. The third-order valence-corrected chi connectivity index (χ3v) is 5.03. The summed E-state index contributed by atoms with van der Waals surface area (Å²) in [4.78, 5) is 8.47. The van der Waals surface area contributed by atoms with Gasteiger partial charge in [0.15, 0.2) is 21.9 Å². The Bertz CT molecular complexity index is 603. The van der Waals surface area contributed by atoms with Gasteiger partial charge in [0.05, 0.1) is 18.2 Å². The summed E-state index contributed by atoms with van der Waals surface area (Å²) in [6.07, 6.45) is -1.61. The predicted octanol–water partition coefficient (Wildman–Crippen LogP) is 2.26. The van der Waals surface area contributed by atoms with Crippen LogP contribution in [0, 0.1) is 0 Å². The summed E-state index contributed by atoms with van der Waals surface area (Å²) < 4.78 is 5.54. The zero-order valence-electron chi connectivity index (χ0n) is 16.4. The molecule has 1 aliphatic rings. The van der Waals surface area contributed by atoms with E-state index >= 15 is 0 Å². The van der Waals surface area contributed by atoms with Crippen molar-refractivity contribution in [1.29, 1.82) is 0 Å². The Morgan fingerprint density at radius 1 is 1.33 bits per heavy atom. The van der Waals surface area contributed by atoms with Crippen LogP contribution >= 0.6 is 23.4 Å². The van der Waals surface area contributed by atoms with E-state index in [2.05, 4.69) is 15.3 Å². The van der Waals surface area contributed by atoms with Crippen LogP contribution in [0.1, 0.15) is 47.5 Å². The molecule has 0 spiro atoms. The van der Waals surface area contributed by atoms with Gasteiger partial charge in [-0.15, -0.1) is 0 Å². The molecule has 2 rings (SSSR count). The Kier molecular flexibility index (Phi) is 9.53. The van der Waals surface area contributed by atoms with E-state index in [-0.39, 0.29) is 23.1 Å². The van der Waals surface area contributed by atoms with Gasteiger partial charge in [-0.2, -0.15) is 0 Å². The van der Waals surface area contributed by atoms with Crippen LogP contribution in [-0.4, -0.2) is 61.2 Å². The highest BCUT2D eigenvalue weighted by molar-refractivity contribution is 7.99. The van der Waals surface area contributed by atoms with Crippen molar-refractivity contribution in [1.82, 2.24) is 9.97 Å². The number of anilines is 2. The number of hydrogen-bond acceptors (Lipinski definition) is 9. The average Bonchev–Trinajstić information content (AvgIpc) is 2.84. The van der Waals surface area contributed by atoms with E-state index in [1.54, 1.807) is 0 Å². The molecule has 156 valence electrons. The smallest absolute Gasteiger partial charge is 0.191 e. The minimum absolute atomic E-state index is 0.115. The number of nitrogens with one attached hydrogen (secondary N) is 1. The molecule has 1 heterocycles. The first-order valence-electron chi connectivity index (χ1n) is 9.11. The second kappa shape index (κ2) is 10.6. The minimum Gasteiger partial charge on any atom is -0.393 e. The fourth-order valence-electron chi connectivity index (χ4n) is 2.60. The second-order valence-corrected chi connectivity index (χ2v) is 7.89. The van der Waals surface area contributed by atoms with Gasteiger partial charge in [-0.25, -0.2) is 9.97 Å². The molecule has 0 aromatic carbocycles. The Balaban J connectivity index is 0.00000176. The number of aromatic nitrogens is 2. The van der Waals surface area contributed by atoms with Crippen molar-refractivity contribution in [2.45, 2.75) is 82.8 Å². The number of hydrogen-bond donors (Lipinski definition) is 5. The van der Waals surface area contributed by atoms with E-state index < -0.39 is 30.1 Å². The molecule has 0 saturated heterocycles. The Morgan fingerprint density at radius 3 is 2.52 bits per heavy atom. The monoisotopic (exact) mass is 422 g/mol. The van der Waals surface area contributed by atoms with Crippen molar-refractivity contribution in [3.05, 3.63) is 5.15 Å². The first kappa shape index (κ1) is 24.2. The van der Waals surface area contributed by atoms with Gasteiger partial charge in [0.2, 0.25) is 0 Å². The van der Waals surface area contributed by atoms with Gasteiger partial charge in [-0.1, -0.05) is 44.1 Å². The summed E-state index contributed by atoms with van der Waals surface area (Å²) in [6.45, 7) is 9.01. The number of aliphatic hydroxyl groups is 3. The molecule has 1 aliphatic carbocycles. The van der Waals surface area contributed by atoms with E-state index in [1.165, 1.54) is 25.6 Å². The molecule has 0 amide bonds. The van der Waals surface area contributed by atoms with Crippen molar-refractivity contribution >= 4 is 34.9 Å². The van der Waals surface area contributed by atoms with Crippen molar-refractivity contribution < 1.29 is 20.1 Å². The van der Waals surface area contributed by atoms with E-state index in [0.29, 0.717) is 5.16 Å². The van der Waals surface area contributed by atoms with E-state index in [9.17, 15) is 15.3 Å². The average molecular weight is 423 g/mol. The summed E-state index contributed by atoms with van der Waals surface area (Å²) in [7, 11) is 0. The highest BCUT2D eigenvalue weighted by atomic mass is 35.5. The predicted molar refractivity (Wildman–Crippen MR) is 109 cm³/mol. The number of nitrogens with two attached hydrogens (primary N) is 1. The van der Waals surface area contributed by atoms with Crippen LogP contribution in [0.5, 0.6) is 0 Å². The van der Waals surface area contributed by atoms with Crippen LogP contribution in [-0.2, 0) is 4.74 Å². The van der Waals surface area contributed by atoms with Gasteiger partial charge in [0.25, 0.3) is 0 Å². The highest BCUT2D eigenvalue weighted by Crippen LogP contribution is 2.33. The number of nitrogens with zero attached hydrogens (tertiary/aromatic N) is 2. The maximum atomic E-state index is 10.3. The number of thioether (sulfide) groups is 1. The summed E-state index contributed by atoms with van der Waals surface area (Å²) in [5.41, 5.74) is 6.10. The molecule has 27 heavy (non-hydrogen) atoms. The Labute approximate surface area is 169 Å². The summed E-state index contributed by atoms with van der Waals surface area (Å²) in [5, 5.41) is 33.7. The first-order chi connectivity index (χ1) is 12.6. The van der Waals surface area contributed by atoms with Gasteiger partial charge in [0.1, 0.15) is 11.8 Å². The normalized spacial score (nSPS) is 25.1. The fraction of sp³-hybridized carbons (Fsp3) is 0.765. The van der Waals surface area contributed by atoms with Gasteiger partial charge in [0, 0.05) is 12.2 Å². The molecule has 10 heteroatoms. The van der Waals surface area contributed by atoms with Crippen molar-refractivity contribution in [2.24, 2.45) is 0 Å². The van der Waals surface area contributed by atoms with E-state index in [4.69, 9.17) is 22.1 Å². The number of rotatable bonds is 7. The van der Waals surface area contributed by atoms with E-state index in [1.807, 2.05) is 20.8 Å². The van der Waals surface area contributed by atoms with Gasteiger partial charge < -0.3 is 31.1 Å².